The van der Waals surface area contributed by atoms with E-state index in [1.54, 1.807) is 7.05 Å². The van der Waals surface area contributed by atoms with Gasteiger partial charge in [-0.2, -0.15) is 4.80 Å². The van der Waals surface area contributed by atoms with E-state index in [4.69, 9.17) is 0 Å². The standard InChI is InChI=1S/C12H15F2N5/c1-3-15-11(7-12-16-18-19(2)17-12)9-5-4-8(13)6-10(9)14/h4-6,11,15H,3,7H2,1-2H3. The van der Waals surface area contributed by atoms with Crippen LogP contribution in [0.15, 0.2) is 18.2 Å². The van der Waals surface area contributed by atoms with Crippen LogP contribution in [-0.2, 0) is 13.5 Å². The number of rotatable bonds is 5. The van der Waals surface area contributed by atoms with Gasteiger partial charge in [-0.25, -0.2) is 8.78 Å². The van der Waals surface area contributed by atoms with Gasteiger partial charge in [-0.1, -0.05) is 13.0 Å². The minimum atomic E-state index is -0.589. The summed E-state index contributed by atoms with van der Waals surface area (Å²) >= 11 is 0. The van der Waals surface area contributed by atoms with Crippen molar-refractivity contribution in [3.63, 3.8) is 0 Å². The number of tetrazole rings is 1. The first-order valence-electron chi connectivity index (χ1n) is 6.01. The van der Waals surface area contributed by atoms with Crippen molar-refractivity contribution in [2.24, 2.45) is 7.05 Å². The zero-order valence-electron chi connectivity index (χ0n) is 10.8. The number of likely N-dealkylation sites (N-methyl/N-ethyl adjacent to an activating group) is 1. The Labute approximate surface area is 109 Å². The molecule has 0 amide bonds. The number of halogens is 2. The molecule has 0 fully saturated rings. The maximum Gasteiger partial charge on any atom is 0.176 e. The van der Waals surface area contributed by atoms with Gasteiger partial charge in [0.25, 0.3) is 0 Å². The lowest BCUT2D eigenvalue weighted by atomic mass is 10.0. The second kappa shape index (κ2) is 5.83. The highest BCUT2D eigenvalue weighted by Gasteiger charge is 2.18. The Hall–Kier alpha value is -1.89. The molecular formula is C12H15F2N5. The van der Waals surface area contributed by atoms with E-state index >= 15 is 0 Å². The highest BCUT2D eigenvalue weighted by molar-refractivity contribution is 5.23. The van der Waals surface area contributed by atoms with Gasteiger partial charge in [-0.15, -0.1) is 10.2 Å². The molecule has 1 atom stereocenters. The molecule has 0 aliphatic heterocycles. The summed E-state index contributed by atoms with van der Waals surface area (Å²) in [4.78, 5) is 1.35. The average molecular weight is 267 g/mol. The maximum atomic E-state index is 13.8. The monoisotopic (exact) mass is 267 g/mol. The van der Waals surface area contributed by atoms with Gasteiger partial charge >= 0.3 is 0 Å². The average Bonchev–Trinajstić information content (AvgIpc) is 2.74. The number of aryl methyl sites for hydroxylation is 1. The summed E-state index contributed by atoms with van der Waals surface area (Å²) in [5.41, 5.74) is 0.399. The Morgan fingerprint density at radius 3 is 2.74 bits per heavy atom. The Morgan fingerprint density at radius 2 is 2.16 bits per heavy atom. The van der Waals surface area contributed by atoms with Crippen molar-refractivity contribution >= 4 is 0 Å². The molecule has 1 aromatic heterocycles. The molecule has 5 nitrogen and oxygen atoms in total. The Bertz CT molecular complexity index is 555. The Kier molecular flexibility index (Phi) is 4.16. The van der Waals surface area contributed by atoms with E-state index in [0.717, 1.165) is 6.07 Å². The molecule has 0 saturated carbocycles. The highest BCUT2D eigenvalue weighted by Crippen LogP contribution is 2.20. The van der Waals surface area contributed by atoms with Crippen LogP contribution in [0, 0.1) is 11.6 Å². The molecule has 1 aromatic carbocycles. The molecule has 7 heteroatoms. The molecule has 0 bridgehead atoms. The summed E-state index contributed by atoms with van der Waals surface area (Å²) in [7, 11) is 1.66. The summed E-state index contributed by atoms with van der Waals surface area (Å²) in [5, 5.41) is 14.8. The van der Waals surface area contributed by atoms with E-state index < -0.39 is 11.6 Å². The quantitative estimate of drug-likeness (QED) is 0.889. The number of benzene rings is 1. The fourth-order valence-corrected chi connectivity index (χ4v) is 1.91. The predicted octanol–water partition coefficient (Wildman–Crippen LogP) is 1.38. The number of hydrogen-bond donors (Lipinski definition) is 1. The van der Waals surface area contributed by atoms with E-state index in [9.17, 15) is 8.78 Å². The zero-order chi connectivity index (χ0) is 13.8. The van der Waals surface area contributed by atoms with Gasteiger partial charge in [0.15, 0.2) is 5.82 Å². The molecule has 0 spiro atoms. The van der Waals surface area contributed by atoms with Gasteiger partial charge in [0, 0.05) is 24.1 Å². The first-order valence-corrected chi connectivity index (χ1v) is 6.01. The van der Waals surface area contributed by atoms with Crippen LogP contribution in [0.2, 0.25) is 0 Å². The smallest absolute Gasteiger partial charge is 0.176 e. The lowest BCUT2D eigenvalue weighted by Gasteiger charge is -2.17. The molecule has 0 aliphatic rings. The molecule has 1 heterocycles. The van der Waals surface area contributed by atoms with Crippen LogP contribution < -0.4 is 5.32 Å². The van der Waals surface area contributed by atoms with Crippen LogP contribution in [-0.4, -0.2) is 26.8 Å². The van der Waals surface area contributed by atoms with Crippen molar-refractivity contribution in [1.82, 2.24) is 25.5 Å². The second-order valence-corrected chi connectivity index (χ2v) is 4.18. The van der Waals surface area contributed by atoms with E-state index in [0.29, 0.717) is 24.4 Å². The van der Waals surface area contributed by atoms with Gasteiger partial charge in [0.05, 0.1) is 7.05 Å². The summed E-state index contributed by atoms with van der Waals surface area (Å²) in [6.07, 6.45) is 0.393. The van der Waals surface area contributed by atoms with E-state index in [2.05, 4.69) is 20.7 Å². The van der Waals surface area contributed by atoms with Gasteiger partial charge in [0.2, 0.25) is 0 Å². The molecule has 1 unspecified atom stereocenters. The number of aromatic nitrogens is 4. The molecule has 19 heavy (non-hydrogen) atoms. The third-order valence-electron chi connectivity index (χ3n) is 2.72. The van der Waals surface area contributed by atoms with Gasteiger partial charge in [0.1, 0.15) is 11.6 Å². The molecule has 0 radical (unpaired) electrons. The maximum absolute atomic E-state index is 13.8. The summed E-state index contributed by atoms with van der Waals surface area (Å²) in [6.45, 7) is 2.57. The van der Waals surface area contributed by atoms with E-state index in [1.165, 1.54) is 16.9 Å². The third-order valence-corrected chi connectivity index (χ3v) is 2.72. The summed E-state index contributed by atoms with van der Waals surface area (Å²) in [6, 6.07) is 3.25. The van der Waals surface area contributed by atoms with E-state index in [-0.39, 0.29) is 6.04 Å². The normalized spacial score (nSPS) is 12.6. The molecule has 0 aliphatic carbocycles. The minimum absolute atomic E-state index is 0.310. The van der Waals surface area contributed by atoms with Crippen LogP contribution in [0.5, 0.6) is 0 Å². The summed E-state index contributed by atoms with van der Waals surface area (Å²) in [5.74, 6) is -0.652. The third kappa shape index (κ3) is 3.31. The lowest BCUT2D eigenvalue weighted by Crippen LogP contribution is -2.24. The van der Waals surface area contributed by atoms with Crippen molar-refractivity contribution in [2.45, 2.75) is 19.4 Å². The van der Waals surface area contributed by atoms with Crippen LogP contribution in [0.4, 0.5) is 8.78 Å². The molecule has 2 rings (SSSR count). The largest absolute Gasteiger partial charge is 0.310 e. The molecule has 102 valence electrons. The SMILES string of the molecule is CCNC(Cc1nnn(C)n1)c1ccc(F)cc1F. The lowest BCUT2D eigenvalue weighted by molar-refractivity contribution is 0.494. The zero-order valence-corrected chi connectivity index (χ0v) is 10.8. The minimum Gasteiger partial charge on any atom is -0.310 e. The van der Waals surface area contributed by atoms with Crippen molar-refractivity contribution in [1.29, 1.82) is 0 Å². The van der Waals surface area contributed by atoms with Gasteiger partial charge < -0.3 is 5.32 Å². The topological polar surface area (TPSA) is 55.6 Å². The number of nitrogens with zero attached hydrogens (tertiary/aromatic N) is 4. The van der Waals surface area contributed by atoms with Crippen LogP contribution in [0.3, 0.4) is 0 Å². The predicted molar refractivity (Wildman–Crippen MR) is 65.3 cm³/mol. The number of hydrogen-bond acceptors (Lipinski definition) is 4. The molecule has 2 aromatic rings. The van der Waals surface area contributed by atoms with Crippen molar-refractivity contribution in [2.75, 3.05) is 6.54 Å². The van der Waals surface area contributed by atoms with Crippen LogP contribution >= 0.6 is 0 Å². The van der Waals surface area contributed by atoms with E-state index in [1.807, 2.05) is 6.92 Å². The number of nitrogens with one attached hydrogen (secondary N) is 1. The fraction of sp³-hybridized carbons (Fsp3) is 0.417. The van der Waals surface area contributed by atoms with Crippen molar-refractivity contribution in [3.8, 4) is 0 Å². The molecular weight excluding hydrogens is 252 g/mol. The van der Waals surface area contributed by atoms with Crippen molar-refractivity contribution in [3.05, 3.63) is 41.2 Å². The first-order chi connectivity index (χ1) is 9.10. The van der Waals surface area contributed by atoms with Gasteiger partial charge in [-0.05, 0) is 17.8 Å². The Balaban J connectivity index is 2.23. The fourth-order valence-electron chi connectivity index (χ4n) is 1.91. The van der Waals surface area contributed by atoms with Crippen molar-refractivity contribution < 1.29 is 8.78 Å². The Morgan fingerprint density at radius 1 is 1.37 bits per heavy atom. The second-order valence-electron chi connectivity index (χ2n) is 4.18. The molecule has 1 N–H and O–H groups in total. The van der Waals surface area contributed by atoms with Crippen LogP contribution in [0.25, 0.3) is 0 Å². The highest BCUT2D eigenvalue weighted by atomic mass is 19.1. The van der Waals surface area contributed by atoms with Crippen LogP contribution in [0.1, 0.15) is 24.4 Å². The molecule has 0 saturated heterocycles. The first kappa shape index (κ1) is 13.5. The summed E-state index contributed by atoms with van der Waals surface area (Å²) < 4.78 is 26.7. The van der Waals surface area contributed by atoms with Gasteiger partial charge in [-0.3, -0.25) is 0 Å².